The van der Waals surface area contributed by atoms with Gasteiger partial charge >= 0.3 is 0 Å². The highest BCUT2D eigenvalue weighted by Crippen LogP contribution is 2.36. The predicted molar refractivity (Wildman–Crippen MR) is 143 cm³/mol. The number of amides is 1. The highest BCUT2D eigenvalue weighted by molar-refractivity contribution is 5.98. The third-order valence-corrected chi connectivity index (χ3v) is 5.40. The largest absolute Gasteiger partial charge is 0.491 e. The summed E-state index contributed by atoms with van der Waals surface area (Å²) in [5.74, 6) is -2.66. The number of carbonyl (C=O) groups excluding carboxylic acids is 2. The van der Waals surface area contributed by atoms with E-state index in [1.807, 2.05) is 0 Å². The minimum Gasteiger partial charge on any atom is -0.491 e. The van der Waals surface area contributed by atoms with Crippen LogP contribution >= 0.6 is 0 Å². The van der Waals surface area contributed by atoms with Crippen molar-refractivity contribution in [1.82, 2.24) is 5.32 Å². The van der Waals surface area contributed by atoms with Crippen molar-refractivity contribution in [2.75, 3.05) is 38.0 Å². The zero-order valence-corrected chi connectivity index (χ0v) is 21.7. The van der Waals surface area contributed by atoms with Gasteiger partial charge in [0, 0.05) is 49.6 Å². The number of nitrogens with zero attached hydrogens (tertiary/aromatic N) is 1. The van der Waals surface area contributed by atoms with Gasteiger partial charge in [0.15, 0.2) is 0 Å². The molecule has 0 bridgehead atoms. The molecule has 2 aromatic rings. The van der Waals surface area contributed by atoms with E-state index in [9.17, 15) is 22.8 Å². The molecule has 1 amide bonds. The average molecular weight is 535 g/mol. The molecule has 8 nitrogen and oxygen atoms in total. The number of carbonyl (C=O) groups is 2. The molecule has 1 fully saturated rings. The van der Waals surface area contributed by atoms with Crippen LogP contribution in [-0.2, 0) is 14.3 Å². The summed E-state index contributed by atoms with van der Waals surface area (Å²) in [6, 6.07) is 9.68. The summed E-state index contributed by atoms with van der Waals surface area (Å²) < 4.78 is 49.1. The van der Waals surface area contributed by atoms with Gasteiger partial charge in [0.05, 0.1) is 18.2 Å². The summed E-state index contributed by atoms with van der Waals surface area (Å²) in [6.07, 6.45) is 1.90. The Morgan fingerprint density at radius 2 is 1.79 bits per heavy atom. The van der Waals surface area contributed by atoms with Crippen LogP contribution in [0.4, 0.5) is 24.5 Å². The van der Waals surface area contributed by atoms with Gasteiger partial charge in [-0.05, 0) is 49.5 Å². The summed E-state index contributed by atoms with van der Waals surface area (Å²) in [6.45, 7) is 6.32. The lowest BCUT2D eigenvalue weighted by atomic mass is 9.88. The van der Waals surface area contributed by atoms with Crippen molar-refractivity contribution >= 4 is 42.2 Å². The van der Waals surface area contributed by atoms with Gasteiger partial charge in [0.25, 0.3) is 5.92 Å². The van der Waals surface area contributed by atoms with Crippen molar-refractivity contribution in [3.63, 3.8) is 0 Å². The normalized spacial score (nSPS) is 15.1. The molecule has 1 aliphatic rings. The fourth-order valence-electron chi connectivity index (χ4n) is 3.44. The lowest BCUT2D eigenvalue weighted by Crippen LogP contribution is -2.46. The molecule has 3 rings (SSSR count). The Morgan fingerprint density at radius 1 is 1.16 bits per heavy atom. The highest BCUT2D eigenvalue weighted by atomic mass is 19.3. The topological polar surface area (TPSA) is 101 Å². The fourth-order valence-corrected chi connectivity index (χ4v) is 3.44. The van der Waals surface area contributed by atoms with E-state index in [2.05, 4.69) is 27.5 Å². The summed E-state index contributed by atoms with van der Waals surface area (Å²) in [7, 11) is 3.26. The van der Waals surface area contributed by atoms with Gasteiger partial charge in [-0.2, -0.15) is 0 Å². The molecule has 0 aliphatic heterocycles. The first kappa shape index (κ1) is 30.5. The molecule has 0 atom stereocenters. The van der Waals surface area contributed by atoms with E-state index in [4.69, 9.17) is 9.47 Å². The number of ether oxygens (including phenoxy) is 2. The van der Waals surface area contributed by atoms with Crippen LogP contribution in [0.25, 0.3) is 12.4 Å². The number of halogens is 3. The van der Waals surface area contributed by atoms with E-state index in [0.717, 1.165) is 0 Å². The number of aldehydes is 1. The van der Waals surface area contributed by atoms with Gasteiger partial charge in [-0.25, -0.2) is 18.2 Å². The first-order valence-electron chi connectivity index (χ1n) is 11.9. The molecule has 3 N–H and O–H groups in total. The number of aliphatic imine (C=N–C) groups is 1. The number of anilines is 2. The summed E-state index contributed by atoms with van der Waals surface area (Å²) >= 11 is 0. The van der Waals surface area contributed by atoms with E-state index in [-0.39, 0.29) is 36.3 Å². The van der Waals surface area contributed by atoms with Gasteiger partial charge in [-0.3, -0.25) is 4.79 Å². The smallest absolute Gasteiger partial charge is 0.251 e. The Hall–Kier alpha value is -3.70. The Bertz CT molecular complexity index is 1210. The molecule has 1 saturated carbocycles. The Morgan fingerprint density at radius 3 is 2.26 bits per heavy atom. The number of alkyl halides is 2. The minimum atomic E-state index is -2.37. The molecule has 0 saturated heterocycles. The van der Waals surface area contributed by atoms with Crippen LogP contribution in [-0.4, -0.2) is 57.7 Å². The van der Waals surface area contributed by atoms with Gasteiger partial charge in [-0.15, -0.1) is 0 Å². The van der Waals surface area contributed by atoms with Crippen molar-refractivity contribution in [3.8, 4) is 5.75 Å². The molecule has 206 valence electrons. The molecule has 0 spiro atoms. The molecule has 2 aromatic carbocycles. The van der Waals surface area contributed by atoms with Gasteiger partial charge in [0.2, 0.25) is 5.91 Å². The van der Waals surface area contributed by atoms with E-state index >= 15 is 0 Å². The highest BCUT2D eigenvalue weighted by Gasteiger charge is 2.44. The number of hydrogen-bond acceptors (Lipinski definition) is 7. The maximum atomic E-state index is 14.8. The third-order valence-electron chi connectivity index (χ3n) is 5.40. The molecule has 11 heteroatoms. The summed E-state index contributed by atoms with van der Waals surface area (Å²) in [5, 5.41) is 9.07. The first-order valence-corrected chi connectivity index (χ1v) is 11.9. The first-order chi connectivity index (χ1) is 18.1. The van der Waals surface area contributed by atoms with Gasteiger partial charge in [-0.1, -0.05) is 6.58 Å². The van der Waals surface area contributed by atoms with Crippen molar-refractivity contribution < 1.29 is 32.2 Å². The monoisotopic (exact) mass is 534 g/mol. The second-order valence-electron chi connectivity index (χ2n) is 8.39. The maximum absolute atomic E-state index is 14.8. The number of rotatable bonds is 11. The summed E-state index contributed by atoms with van der Waals surface area (Å²) in [5.41, 5.74) is 1.16. The van der Waals surface area contributed by atoms with Crippen molar-refractivity contribution in [3.05, 3.63) is 52.7 Å². The van der Waals surface area contributed by atoms with Crippen LogP contribution in [0.5, 0.6) is 5.75 Å². The van der Waals surface area contributed by atoms with Crippen LogP contribution in [0.3, 0.4) is 0 Å². The van der Waals surface area contributed by atoms with Crippen molar-refractivity contribution in [2.24, 2.45) is 4.99 Å². The lowest BCUT2D eigenvalue weighted by Gasteiger charge is -2.34. The summed E-state index contributed by atoms with van der Waals surface area (Å²) in [4.78, 5) is 26.1. The van der Waals surface area contributed by atoms with Crippen LogP contribution < -0.4 is 31.1 Å². The average Bonchev–Trinajstić information content (AvgIpc) is 2.84. The quantitative estimate of drug-likeness (QED) is 0.177. The molecule has 0 radical (unpaired) electrons. The maximum Gasteiger partial charge on any atom is 0.251 e. The number of hydrogen-bond donors (Lipinski definition) is 3. The van der Waals surface area contributed by atoms with Gasteiger partial charge < -0.3 is 30.2 Å². The third kappa shape index (κ3) is 9.64. The Kier molecular flexibility index (Phi) is 12.0. The van der Waals surface area contributed by atoms with Crippen LogP contribution in [0.2, 0.25) is 0 Å². The minimum absolute atomic E-state index is 0.0174. The number of benzene rings is 2. The molecule has 0 unspecified atom stereocenters. The zero-order chi connectivity index (χ0) is 28.1. The van der Waals surface area contributed by atoms with E-state index < -0.39 is 17.6 Å². The number of nitrogens with one attached hydrogen (secondary N) is 3. The Balaban J connectivity index is 0.000000538. The van der Waals surface area contributed by atoms with Crippen LogP contribution in [0.1, 0.15) is 26.2 Å². The van der Waals surface area contributed by atoms with Crippen molar-refractivity contribution in [2.45, 2.75) is 38.2 Å². The second kappa shape index (κ2) is 14.9. The standard InChI is InChI=1S/C22H24FN3O4.C5H9F2N/c1-4-24-22(21-15(2)13-18(14-19(21)23)30-12-11-29-3)26-17-7-5-16(6-8-17)25-20(28)9-10-27;1-8-4-2-5(6,7)3-4/h4-8,10,13-14,26H,2,9,11-12H2,1,3H3,(H,25,28);4,8H,2-3H2,1H3/b22-21-,24-4-;. The van der Waals surface area contributed by atoms with Gasteiger partial charge in [0.1, 0.15) is 30.3 Å². The Labute approximate surface area is 219 Å². The van der Waals surface area contributed by atoms with Crippen molar-refractivity contribution in [1.29, 1.82) is 0 Å². The van der Waals surface area contributed by atoms with Crippen LogP contribution in [0.15, 0.2) is 41.4 Å². The molecular weight excluding hydrogens is 501 g/mol. The molecule has 0 heterocycles. The fraction of sp³-hybridized carbons (Fsp3) is 0.370. The molecule has 1 aliphatic carbocycles. The second-order valence-corrected chi connectivity index (χ2v) is 8.39. The van der Waals surface area contributed by atoms with Crippen LogP contribution in [0, 0.1) is 5.82 Å². The predicted octanol–water partition coefficient (Wildman–Crippen LogP) is 3.06. The molecule has 0 aromatic heterocycles. The zero-order valence-electron chi connectivity index (χ0n) is 21.7. The van der Waals surface area contributed by atoms with E-state index in [1.54, 1.807) is 51.4 Å². The van der Waals surface area contributed by atoms with E-state index in [0.29, 0.717) is 41.8 Å². The molecule has 38 heavy (non-hydrogen) atoms. The molecular formula is C27H33F3N4O4. The number of methoxy groups -OCH3 is 1. The lowest BCUT2D eigenvalue weighted by molar-refractivity contribution is -0.120. The SMILES string of the molecule is C=c1cc(OCCOC)cc(F)/c1=C(/N=C\C)Nc1ccc(NC(=O)CC=O)cc1.CNC1CC(F)(F)C1. The van der Waals surface area contributed by atoms with E-state index in [1.165, 1.54) is 12.3 Å².